The van der Waals surface area contributed by atoms with Crippen molar-refractivity contribution in [2.24, 2.45) is 0 Å². The molecule has 0 spiro atoms. The minimum atomic E-state index is -0.377. The molecule has 1 heterocycles. The molecule has 0 saturated heterocycles. The molecule has 0 radical (unpaired) electrons. The lowest BCUT2D eigenvalue weighted by Crippen LogP contribution is -1.83. The van der Waals surface area contributed by atoms with E-state index in [2.05, 4.69) is 22.0 Å². The van der Waals surface area contributed by atoms with Crippen molar-refractivity contribution in [1.29, 1.82) is 5.26 Å². The van der Waals surface area contributed by atoms with E-state index in [1.807, 2.05) is 30.3 Å². The van der Waals surface area contributed by atoms with Crippen molar-refractivity contribution in [1.82, 2.24) is 0 Å². The third-order valence-corrected chi connectivity index (χ3v) is 3.77. The van der Waals surface area contributed by atoms with Gasteiger partial charge >= 0.3 is 0 Å². The van der Waals surface area contributed by atoms with Gasteiger partial charge in [-0.2, -0.15) is 5.26 Å². The summed E-state index contributed by atoms with van der Waals surface area (Å²) in [6.45, 7) is 0. The lowest BCUT2D eigenvalue weighted by atomic mass is 10.1. The summed E-state index contributed by atoms with van der Waals surface area (Å²) >= 11 is 3.42. The number of nitrogens with zero attached hydrogens (tertiary/aromatic N) is 1. The van der Waals surface area contributed by atoms with E-state index in [1.165, 1.54) is 12.1 Å². The summed E-state index contributed by atoms with van der Waals surface area (Å²) in [5.74, 6) is 0.868. The maximum atomic E-state index is 13.3. The second kappa shape index (κ2) is 6.64. The largest absolute Gasteiger partial charge is 0.457 e. The van der Waals surface area contributed by atoms with Crippen LogP contribution in [0.5, 0.6) is 0 Å². The molecule has 0 atom stereocenters. The Morgan fingerprint density at radius 2 is 1.91 bits per heavy atom. The van der Waals surface area contributed by atoms with Crippen molar-refractivity contribution >= 4 is 27.6 Å². The predicted molar refractivity (Wildman–Crippen MR) is 91.7 cm³/mol. The predicted octanol–water partition coefficient (Wildman–Crippen LogP) is 5.91. The average molecular weight is 368 g/mol. The third kappa shape index (κ3) is 3.58. The van der Waals surface area contributed by atoms with Crippen LogP contribution in [-0.2, 0) is 0 Å². The van der Waals surface area contributed by atoms with Crippen molar-refractivity contribution < 1.29 is 8.81 Å². The van der Waals surface area contributed by atoms with Crippen molar-refractivity contribution in [3.05, 3.63) is 82.3 Å². The SMILES string of the molecule is N#C/C(=C/c1ccc(-c2cccc(Br)c2)o1)c1cccc(F)c1. The smallest absolute Gasteiger partial charge is 0.134 e. The van der Waals surface area contributed by atoms with Gasteiger partial charge in [0.1, 0.15) is 17.3 Å². The highest BCUT2D eigenvalue weighted by atomic mass is 79.9. The number of rotatable bonds is 3. The molecular formula is C19H11BrFNO. The summed E-state index contributed by atoms with van der Waals surface area (Å²) in [5.41, 5.74) is 1.80. The summed E-state index contributed by atoms with van der Waals surface area (Å²) in [4.78, 5) is 0. The van der Waals surface area contributed by atoms with Crippen LogP contribution in [0.2, 0.25) is 0 Å². The minimum absolute atomic E-state index is 0.347. The van der Waals surface area contributed by atoms with Gasteiger partial charge in [0, 0.05) is 10.0 Å². The summed E-state index contributed by atoms with van der Waals surface area (Å²) < 4.78 is 20.0. The molecule has 3 rings (SSSR count). The van der Waals surface area contributed by atoms with Crippen LogP contribution in [-0.4, -0.2) is 0 Å². The van der Waals surface area contributed by atoms with Crippen LogP contribution in [0.3, 0.4) is 0 Å². The Morgan fingerprint density at radius 1 is 1.09 bits per heavy atom. The quantitative estimate of drug-likeness (QED) is 0.539. The number of hydrogen-bond donors (Lipinski definition) is 0. The van der Waals surface area contributed by atoms with Gasteiger partial charge in [0.2, 0.25) is 0 Å². The molecule has 23 heavy (non-hydrogen) atoms. The Hall–Kier alpha value is -2.64. The number of furan rings is 1. The highest BCUT2D eigenvalue weighted by Crippen LogP contribution is 2.27. The van der Waals surface area contributed by atoms with Gasteiger partial charge in [-0.15, -0.1) is 0 Å². The molecule has 0 amide bonds. The van der Waals surface area contributed by atoms with Crippen molar-refractivity contribution in [2.45, 2.75) is 0 Å². The second-order valence-electron chi connectivity index (χ2n) is 4.89. The summed E-state index contributed by atoms with van der Waals surface area (Å²) in [5, 5.41) is 9.30. The lowest BCUT2D eigenvalue weighted by molar-refractivity contribution is 0.572. The molecule has 0 saturated carbocycles. The lowest BCUT2D eigenvalue weighted by Gasteiger charge is -1.99. The maximum absolute atomic E-state index is 13.3. The Kier molecular flexibility index (Phi) is 4.40. The van der Waals surface area contributed by atoms with Gasteiger partial charge in [-0.05, 0) is 48.0 Å². The molecule has 112 valence electrons. The molecule has 0 bridgehead atoms. The Balaban J connectivity index is 1.95. The van der Waals surface area contributed by atoms with E-state index in [4.69, 9.17) is 4.42 Å². The van der Waals surface area contributed by atoms with E-state index in [-0.39, 0.29) is 5.82 Å². The first-order chi connectivity index (χ1) is 11.2. The van der Waals surface area contributed by atoms with Gasteiger partial charge in [-0.3, -0.25) is 0 Å². The average Bonchev–Trinajstić information content (AvgIpc) is 3.01. The van der Waals surface area contributed by atoms with Crippen LogP contribution in [0.15, 0.2) is 69.6 Å². The van der Waals surface area contributed by atoms with Gasteiger partial charge in [0.05, 0.1) is 11.6 Å². The molecule has 2 aromatic carbocycles. The highest BCUT2D eigenvalue weighted by Gasteiger charge is 2.07. The van der Waals surface area contributed by atoms with Crippen molar-refractivity contribution in [2.75, 3.05) is 0 Å². The van der Waals surface area contributed by atoms with Crippen LogP contribution >= 0.6 is 15.9 Å². The van der Waals surface area contributed by atoms with E-state index in [0.717, 1.165) is 10.0 Å². The molecule has 3 aromatic rings. The number of nitriles is 1. The van der Waals surface area contributed by atoms with E-state index in [1.54, 1.807) is 24.3 Å². The molecule has 1 aromatic heterocycles. The van der Waals surface area contributed by atoms with E-state index >= 15 is 0 Å². The third-order valence-electron chi connectivity index (χ3n) is 3.28. The maximum Gasteiger partial charge on any atom is 0.134 e. The topological polar surface area (TPSA) is 36.9 Å². The Labute approximate surface area is 141 Å². The first-order valence-electron chi connectivity index (χ1n) is 6.89. The van der Waals surface area contributed by atoms with E-state index in [0.29, 0.717) is 22.7 Å². The zero-order valence-corrected chi connectivity index (χ0v) is 13.5. The summed E-state index contributed by atoms with van der Waals surface area (Å²) in [7, 11) is 0. The normalized spacial score (nSPS) is 11.3. The van der Waals surface area contributed by atoms with E-state index in [9.17, 15) is 9.65 Å². The molecular weight excluding hydrogens is 357 g/mol. The van der Waals surface area contributed by atoms with Gasteiger partial charge < -0.3 is 4.42 Å². The fourth-order valence-corrected chi connectivity index (χ4v) is 2.60. The summed E-state index contributed by atoms with van der Waals surface area (Å²) in [6.07, 6.45) is 1.61. The van der Waals surface area contributed by atoms with Crippen LogP contribution in [0, 0.1) is 17.1 Å². The molecule has 2 nitrogen and oxygen atoms in total. The first-order valence-corrected chi connectivity index (χ1v) is 7.68. The fraction of sp³-hybridized carbons (Fsp3) is 0. The Bertz CT molecular complexity index is 921. The van der Waals surface area contributed by atoms with Gasteiger partial charge in [0.15, 0.2) is 0 Å². The molecule has 0 fully saturated rings. The van der Waals surface area contributed by atoms with Crippen molar-refractivity contribution in [3.8, 4) is 17.4 Å². The monoisotopic (exact) mass is 367 g/mol. The van der Waals surface area contributed by atoms with Gasteiger partial charge in [0.25, 0.3) is 0 Å². The number of hydrogen-bond acceptors (Lipinski definition) is 2. The van der Waals surface area contributed by atoms with Gasteiger partial charge in [-0.1, -0.05) is 40.2 Å². The first kappa shape index (κ1) is 15.3. The van der Waals surface area contributed by atoms with Crippen LogP contribution in [0.25, 0.3) is 23.0 Å². The molecule has 0 aliphatic heterocycles. The molecule has 4 heteroatoms. The standard InChI is InChI=1S/C19H11BrFNO/c20-16-5-1-4-14(9-16)19-8-7-18(23-19)11-15(12-22)13-3-2-6-17(21)10-13/h1-11H/b15-11-. The zero-order valence-electron chi connectivity index (χ0n) is 12.0. The number of benzene rings is 2. The highest BCUT2D eigenvalue weighted by molar-refractivity contribution is 9.10. The van der Waals surface area contributed by atoms with Crippen LogP contribution in [0.4, 0.5) is 4.39 Å². The second-order valence-corrected chi connectivity index (χ2v) is 5.81. The molecule has 0 N–H and O–H groups in total. The fourth-order valence-electron chi connectivity index (χ4n) is 2.21. The van der Waals surface area contributed by atoms with Gasteiger partial charge in [-0.25, -0.2) is 4.39 Å². The van der Waals surface area contributed by atoms with Crippen LogP contribution < -0.4 is 0 Å². The molecule has 0 aliphatic rings. The summed E-state index contributed by atoms with van der Waals surface area (Å²) in [6, 6.07) is 19.4. The van der Waals surface area contributed by atoms with Crippen molar-refractivity contribution in [3.63, 3.8) is 0 Å². The van der Waals surface area contributed by atoms with E-state index < -0.39 is 0 Å². The molecule has 0 unspecified atom stereocenters. The zero-order chi connectivity index (χ0) is 16.2. The number of halogens is 2. The van der Waals surface area contributed by atoms with Crippen LogP contribution in [0.1, 0.15) is 11.3 Å². The minimum Gasteiger partial charge on any atom is -0.457 e. The Morgan fingerprint density at radius 3 is 2.65 bits per heavy atom. The molecule has 0 aliphatic carbocycles. The number of allylic oxidation sites excluding steroid dienone is 1.